The van der Waals surface area contributed by atoms with Crippen LogP contribution < -0.4 is 0 Å². The summed E-state index contributed by atoms with van der Waals surface area (Å²) in [5.74, 6) is 0. The van der Waals surface area contributed by atoms with Gasteiger partial charge in [0.05, 0.1) is 23.0 Å². The van der Waals surface area contributed by atoms with E-state index in [9.17, 15) is 0 Å². The highest BCUT2D eigenvalue weighted by molar-refractivity contribution is 7.98. The van der Waals surface area contributed by atoms with Crippen molar-refractivity contribution in [3.63, 3.8) is 0 Å². The minimum Gasteiger partial charge on any atom is -0.354 e. The zero-order valence-corrected chi connectivity index (χ0v) is 15.3. The SMILES string of the molecule is CSc1nccc(-c2c(-c3ccc(C#N)cc3)[nH]c3ccc(C)cc23)n1. The molecule has 0 aliphatic carbocycles. The van der Waals surface area contributed by atoms with Crippen molar-refractivity contribution in [3.8, 4) is 28.6 Å². The smallest absolute Gasteiger partial charge is 0.187 e. The molecule has 1 N–H and O–H groups in total. The number of aryl methyl sites for hydroxylation is 1. The van der Waals surface area contributed by atoms with E-state index in [2.05, 4.69) is 41.2 Å². The maximum atomic E-state index is 9.06. The van der Waals surface area contributed by atoms with E-state index in [1.165, 1.54) is 17.3 Å². The normalized spacial score (nSPS) is 10.8. The summed E-state index contributed by atoms with van der Waals surface area (Å²) in [6.07, 6.45) is 3.77. The monoisotopic (exact) mass is 356 g/mol. The van der Waals surface area contributed by atoms with Crippen molar-refractivity contribution < 1.29 is 0 Å². The van der Waals surface area contributed by atoms with Crippen molar-refractivity contribution in [2.75, 3.05) is 6.26 Å². The summed E-state index contributed by atoms with van der Waals surface area (Å²) in [7, 11) is 0. The van der Waals surface area contributed by atoms with Gasteiger partial charge in [-0.3, -0.25) is 0 Å². The van der Waals surface area contributed by atoms with E-state index >= 15 is 0 Å². The van der Waals surface area contributed by atoms with Crippen LogP contribution in [0, 0.1) is 18.3 Å². The number of hydrogen-bond donors (Lipinski definition) is 1. The number of nitriles is 1. The topological polar surface area (TPSA) is 65.4 Å². The summed E-state index contributed by atoms with van der Waals surface area (Å²) in [6.45, 7) is 2.09. The molecule has 5 heteroatoms. The third-order valence-corrected chi connectivity index (χ3v) is 4.89. The van der Waals surface area contributed by atoms with E-state index in [0.29, 0.717) is 5.56 Å². The van der Waals surface area contributed by atoms with Crippen LogP contribution in [0.25, 0.3) is 33.4 Å². The first-order chi connectivity index (χ1) is 12.7. The molecule has 0 radical (unpaired) electrons. The first kappa shape index (κ1) is 16.4. The van der Waals surface area contributed by atoms with Gasteiger partial charge in [-0.1, -0.05) is 35.5 Å². The third-order valence-electron chi connectivity index (χ3n) is 4.33. The van der Waals surface area contributed by atoms with Crippen LogP contribution in [-0.2, 0) is 0 Å². The largest absolute Gasteiger partial charge is 0.354 e. The molecule has 126 valence electrons. The average molecular weight is 356 g/mol. The van der Waals surface area contributed by atoms with Crippen molar-refractivity contribution in [1.82, 2.24) is 15.0 Å². The van der Waals surface area contributed by atoms with Gasteiger partial charge < -0.3 is 4.98 Å². The van der Waals surface area contributed by atoms with Crippen LogP contribution in [0.15, 0.2) is 59.9 Å². The molecule has 4 nitrogen and oxygen atoms in total. The van der Waals surface area contributed by atoms with Crippen molar-refractivity contribution >= 4 is 22.7 Å². The molecule has 0 bridgehead atoms. The zero-order chi connectivity index (χ0) is 18.1. The number of fused-ring (bicyclic) bond motifs is 1. The summed E-state index contributed by atoms with van der Waals surface area (Å²) in [5.41, 5.74) is 6.89. The van der Waals surface area contributed by atoms with Crippen LogP contribution in [0.5, 0.6) is 0 Å². The number of rotatable bonds is 3. The van der Waals surface area contributed by atoms with E-state index in [0.717, 1.165) is 38.6 Å². The summed E-state index contributed by atoms with van der Waals surface area (Å²) in [6, 6.07) is 18.1. The molecule has 0 saturated heterocycles. The summed E-state index contributed by atoms with van der Waals surface area (Å²) >= 11 is 1.53. The number of benzene rings is 2. The van der Waals surface area contributed by atoms with E-state index < -0.39 is 0 Å². The molecule has 0 aliphatic heterocycles. The summed E-state index contributed by atoms with van der Waals surface area (Å²) < 4.78 is 0. The molecule has 2 aromatic carbocycles. The van der Waals surface area contributed by atoms with Crippen LogP contribution in [0.4, 0.5) is 0 Å². The number of nitrogens with zero attached hydrogens (tertiary/aromatic N) is 3. The van der Waals surface area contributed by atoms with E-state index in [1.54, 1.807) is 6.20 Å². The minimum absolute atomic E-state index is 0.647. The second-order valence-electron chi connectivity index (χ2n) is 6.04. The van der Waals surface area contributed by atoms with Crippen molar-refractivity contribution in [2.45, 2.75) is 12.1 Å². The Hall–Kier alpha value is -3.10. The highest BCUT2D eigenvalue weighted by atomic mass is 32.2. The van der Waals surface area contributed by atoms with E-state index in [1.807, 2.05) is 36.6 Å². The van der Waals surface area contributed by atoms with Gasteiger partial charge in [0.2, 0.25) is 0 Å². The van der Waals surface area contributed by atoms with Crippen LogP contribution in [0.2, 0.25) is 0 Å². The van der Waals surface area contributed by atoms with Crippen LogP contribution in [0.3, 0.4) is 0 Å². The molecule has 2 heterocycles. The molecule has 0 atom stereocenters. The predicted molar refractivity (Wildman–Crippen MR) is 106 cm³/mol. The highest BCUT2D eigenvalue weighted by Gasteiger charge is 2.17. The van der Waals surface area contributed by atoms with Gasteiger partial charge in [-0.15, -0.1) is 0 Å². The highest BCUT2D eigenvalue weighted by Crippen LogP contribution is 2.38. The molecule has 26 heavy (non-hydrogen) atoms. The molecule has 4 rings (SSSR count). The number of H-pyrrole nitrogens is 1. The second-order valence-corrected chi connectivity index (χ2v) is 6.82. The van der Waals surface area contributed by atoms with Crippen molar-refractivity contribution in [3.05, 3.63) is 65.9 Å². The molecular formula is C21H16N4S. The Morgan fingerprint density at radius 1 is 1.08 bits per heavy atom. The van der Waals surface area contributed by atoms with Gasteiger partial charge in [-0.05, 0) is 49.1 Å². The molecule has 0 spiro atoms. The molecule has 0 aliphatic rings. The minimum atomic E-state index is 0.647. The lowest BCUT2D eigenvalue weighted by Crippen LogP contribution is -1.90. The molecule has 0 fully saturated rings. The number of aromatic amines is 1. The maximum Gasteiger partial charge on any atom is 0.187 e. The lowest BCUT2D eigenvalue weighted by molar-refractivity contribution is 0.977. The number of hydrogen-bond acceptors (Lipinski definition) is 4. The van der Waals surface area contributed by atoms with Gasteiger partial charge in [-0.2, -0.15) is 5.26 Å². The van der Waals surface area contributed by atoms with Crippen LogP contribution >= 0.6 is 11.8 Å². The predicted octanol–water partition coefficient (Wildman–Crippen LogP) is 5.19. The van der Waals surface area contributed by atoms with Gasteiger partial charge >= 0.3 is 0 Å². The number of nitrogens with one attached hydrogen (secondary N) is 1. The Morgan fingerprint density at radius 2 is 1.88 bits per heavy atom. The molecular weight excluding hydrogens is 340 g/mol. The Morgan fingerprint density at radius 3 is 2.62 bits per heavy atom. The lowest BCUT2D eigenvalue weighted by Gasteiger charge is -2.06. The van der Waals surface area contributed by atoms with Gasteiger partial charge in [0.15, 0.2) is 5.16 Å². The molecule has 0 amide bonds. The van der Waals surface area contributed by atoms with Crippen molar-refractivity contribution in [1.29, 1.82) is 5.26 Å². The molecule has 0 saturated carbocycles. The van der Waals surface area contributed by atoms with Gasteiger partial charge in [0, 0.05) is 22.7 Å². The van der Waals surface area contributed by atoms with Crippen molar-refractivity contribution in [2.24, 2.45) is 0 Å². The molecule has 0 unspecified atom stereocenters. The average Bonchev–Trinajstić information content (AvgIpc) is 3.06. The van der Waals surface area contributed by atoms with Gasteiger partial charge in [0.1, 0.15) is 0 Å². The molecule has 2 aromatic heterocycles. The first-order valence-corrected chi connectivity index (χ1v) is 9.42. The number of thioether (sulfide) groups is 1. The summed E-state index contributed by atoms with van der Waals surface area (Å²) in [5, 5.41) is 10.9. The fraction of sp³-hybridized carbons (Fsp3) is 0.0952. The Labute approximate surface area is 155 Å². The Bertz CT molecular complexity index is 1140. The fourth-order valence-electron chi connectivity index (χ4n) is 3.08. The first-order valence-electron chi connectivity index (χ1n) is 8.20. The van der Waals surface area contributed by atoms with Crippen LogP contribution in [0.1, 0.15) is 11.1 Å². The Kier molecular flexibility index (Phi) is 4.19. The summed E-state index contributed by atoms with van der Waals surface area (Å²) in [4.78, 5) is 12.5. The van der Waals surface area contributed by atoms with Crippen LogP contribution in [-0.4, -0.2) is 21.2 Å². The Balaban J connectivity index is 2.01. The third kappa shape index (κ3) is 2.85. The second kappa shape index (κ2) is 6.66. The standard InChI is InChI=1S/C21H16N4S/c1-13-3-8-17-16(11-13)19(18-9-10-23-21(25-18)26-2)20(24-17)15-6-4-14(12-22)5-7-15/h3-11,24H,1-2H3. The zero-order valence-electron chi connectivity index (χ0n) is 14.4. The lowest BCUT2D eigenvalue weighted by atomic mass is 10.0. The van der Waals surface area contributed by atoms with E-state index in [-0.39, 0.29) is 0 Å². The van der Waals surface area contributed by atoms with Gasteiger partial charge in [-0.25, -0.2) is 9.97 Å². The quantitative estimate of drug-likeness (QED) is 0.405. The maximum absolute atomic E-state index is 9.06. The number of aromatic nitrogens is 3. The molecule has 4 aromatic rings. The van der Waals surface area contributed by atoms with Gasteiger partial charge in [0.25, 0.3) is 0 Å². The fourth-order valence-corrected chi connectivity index (χ4v) is 3.43. The van der Waals surface area contributed by atoms with E-state index in [4.69, 9.17) is 10.2 Å².